The van der Waals surface area contributed by atoms with Crippen molar-refractivity contribution in [1.29, 1.82) is 0 Å². The molecule has 0 radical (unpaired) electrons. The van der Waals surface area contributed by atoms with Gasteiger partial charge in [-0.1, -0.05) is 55.5 Å². The summed E-state index contributed by atoms with van der Waals surface area (Å²) in [7, 11) is 0. The topological polar surface area (TPSA) is 66.3 Å². The van der Waals surface area contributed by atoms with Crippen LogP contribution in [0.25, 0.3) is 0 Å². The molecule has 1 N–H and O–H groups in total. The monoisotopic (exact) mass is 317 g/mol. The van der Waals surface area contributed by atoms with Crippen LogP contribution in [0.3, 0.4) is 0 Å². The largest absolute Gasteiger partial charge is 0.481 e. The molecular weight excluding hydrogens is 298 g/mol. The molecule has 3 rings (SSSR count). The normalized spacial score (nSPS) is 21.5. The summed E-state index contributed by atoms with van der Waals surface area (Å²) >= 11 is 1.56. The van der Waals surface area contributed by atoms with Crippen LogP contribution in [0, 0.1) is 0 Å². The van der Waals surface area contributed by atoms with E-state index in [1.54, 1.807) is 11.3 Å². The van der Waals surface area contributed by atoms with Gasteiger partial charge in [0.05, 0.1) is 0 Å². The summed E-state index contributed by atoms with van der Waals surface area (Å²) in [5.41, 5.74) is 0.00359. The Bertz CT molecular complexity index is 671. The van der Waals surface area contributed by atoms with E-state index in [9.17, 15) is 9.90 Å². The third-order valence-corrected chi connectivity index (χ3v) is 5.48. The number of rotatable bonds is 4. The second-order valence-electron chi connectivity index (χ2n) is 6.00. The number of hydrogen-bond donors (Lipinski definition) is 1. The van der Waals surface area contributed by atoms with Gasteiger partial charge in [-0.15, -0.1) is 10.2 Å². The van der Waals surface area contributed by atoms with Crippen LogP contribution >= 0.6 is 11.3 Å². The molecule has 1 aliphatic rings. The average molecular weight is 317 g/mol. The van der Waals surface area contributed by atoms with Gasteiger partial charge in [0.2, 0.25) is 5.13 Å². The predicted molar refractivity (Wildman–Crippen MR) is 86.6 cm³/mol. The molecule has 1 aromatic carbocycles. The Kier molecular flexibility index (Phi) is 3.87. The van der Waals surface area contributed by atoms with Gasteiger partial charge in [0, 0.05) is 19.0 Å². The number of carbonyl (C=O) groups is 1. The molecule has 0 amide bonds. The Hall–Kier alpha value is -1.95. The molecule has 116 valence electrons. The lowest BCUT2D eigenvalue weighted by Gasteiger charge is -2.25. The summed E-state index contributed by atoms with van der Waals surface area (Å²) in [5, 5.41) is 20.1. The van der Waals surface area contributed by atoms with Gasteiger partial charge in [-0.2, -0.15) is 0 Å². The standard InChI is InChI=1S/C16H19N3O2S/c1-11(2)13-17-18-15(22-13)19-9-8-16(10-19,14(20)21)12-6-4-3-5-7-12/h3-7,11H,8-10H2,1-2H3,(H,20,21)/t16-/m0/s1. The van der Waals surface area contributed by atoms with Gasteiger partial charge in [-0.3, -0.25) is 4.79 Å². The van der Waals surface area contributed by atoms with E-state index in [0.717, 1.165) is 15.7 Å². The smallest absolute Gasteiger partial charge is 0.316 e. The van der Waals surface area contributed by atoms with Crippen LogP contribution < -0.4 is 4.90 Å². The maximum Gasteiger partial charge on any atom is 0.316 e. The van der Waals surface area contributed by atoms with E-state index < -0.39 is 11.4 Å². The maximum atomic E-state index is 12.0. The number of nitrogens with zero attached hydrogens (tertiary/aromatic N) is 3. The lowest BCUT2D eigenvalue weighted by atomic mass is 9.80. The van der Waals surface area contributed by atoms with E-state index in [-0.39, 0.29) is 0 Å². The number of aromatic nitrogens is 2. The Morgan fingerprint density at radius 3 is 2.64 bits per heavy atom. The van der Waals surface area contributed by atoms with Crippen molar-refractivity contribution < 1.29 is 9.90 Å². The van der Waals surface area contributed by atoms with Crippen molar-refractivity contribution in [2.75, 3.05) is 18.0 Å². The van der Waals surface area contributed by atoms with Crippen molar-refractivity contribution in [3.63, 3.8) is 0 Å². The minimum absolute atomic E-state index is 0.340. The highest BCUT2D eigenvalue weighted by atomic mass is 32.1. The van der Waals surface area contributed by atoms with Crippen molar-refractivity contribution in [3.05, 3.63) is 40.9 Å². The van der Waals surface area contributed by atoms with E-state index in [2.05, 4.69) is 24.0 Å². The van der Waals surface area contributed by atoms with Gasteiger partial charge in [0.15, 0.2) is 0 Å². The van der Waals surface area contributed by atoms with Crippen LogP contribution in [0.5, 0.6) is 0 Å². The Balaban J connectivity index is 1.89. The first kappa shape index (κ1) is 15.0. The molecule has 22 heavy (non-hydrogen) atoms. The van der Waals surface area contributed by atoms with Crippen molar-refractivity contribution in [1.82, 2.24) is 10.2 Å². The molecule has 0 saturated carbocycles. The van der Waals surface area contributed by atoms with Gasteiger partial charge in [0.25, 0.3) is 0 Å². The molecule has 2 aromatic rings. The van der Waals surface area contributed by atoms with Gasteiger partial charge in [0.1, 0.15) is 10.4 Å². The number of anilines is 1. The van der Waals surface area contributed by atoms with Gasteiger partial charge in [-0.25, -0.2) is 0 Å². The van der Waals surface area contributed by atoms with Crippen LogP contribution in [0.2, 0.25) is 0 Å². The number of carboxylic acids is 1. The second-order valence-corrected chi connectivity index (χ2v) is 6.99. The minimum atomic E-state index is -0.856. The molecule has 2 heterocycles. The number of benzene rings is 1. The summed E-state index contributed by atoms with van der Waals surface area (Å²) in [5.74, 6) is -0.429. The Labute approximate surface area is 133 Å². The van der Waals surface area contributed by atoms with Crippen LogP contribution in [0.15, 0.2) is 30.3 Å². The van der Waals surface area contributed by atoms with Crippen molar-refractivity contribution in [2.24, 2.45) is 0 Å². The molecule has 1 fully saturated rings. The zero-order chi connectivity index (χ0) is 15.7. The second kappa shape index (κ2) is 5.68. The van der Waals surface area contributed by atoms with Crippen molar-refractivity contribution >= 4 is 22.4 Å². The van der Waals surface area contributed by atoms with Gasteiger partial charge >= 0.3 is 5.97 Å². The molecule has 1 atom stereocenters. The fourth-order valence-corrected chi connectivity index (χ4v) is 3.72. The number of hydrogen-bond acceptors (Lipinski definition) is 5. The highest BCUT2D eigenvalue weighted by Gasteiger charge is 2.47. The van der Waals surface area contributed by atoms with E-state index in [1.165, 1.54) is 0 Å². The number of carboxylic acid groups (broad SMARTS) is 1. The molecule has 0 bridgehead atoms. The molecule has 5 nitrogen and oxygen atoms in total. The summed E-state index contributed by atoms with van der Waals surface area (Å²) in [4.78, 5) is 14.0. The first-order valence-corrected chi connectivity index (χ1v) is 8.22. The van der Waals surface area contributed by atoms with E-state index >= 15 is 0 Å². The zero-order valence-corrected chi connectivity index (χ0v) is 13.5. The van der Waals surface area contributed by atoms with E-state index in [4.69, 9.17) is 0 Å². The first-order chi connectivity index (χ1) is 10.5. The van der Waals surface area contributed by atoms with E-state index in [0.29, 0.717) is 25.4 Å². The molecular formula is C16H19N3O2S. The summed E-state index contributed by atoms with van der Waals surface area (Å²) in [6.45, 7) is 5.30. The minimum Gasteiger partial charge on any atom is -0.481 e. The maximum absolute atomic E-state index is 12.0. The first-order valence-electron chi connectivity index (χ1n) is 7.40. The Morgan fingerprint density at radius 2 is 2.05 bits per heavy atom. The molecule has 1 aromatic heterocycles. The third kappa shape index (κ3) is 2.47. The molecule has 6 heteroatoms. The van der Waals surface area contributed by atoms with Crippen LogP contribution in [0.1, 0.15) is 36.8 Å². The van der Waals surface area contributed by atoms with Crippen molar-refractivity contribution in [2.45, 2.75) is 31.6 Å². The lowest BCUT2D eigenvalue weighted by Crippen LogP contribution is -2.39. The Morgan fingerprint density at radius 1 is 1.32 bits per heavy atom. The fourth-order valence-electron chi connectivity index (χ4n) is 2.85. The molecule has 1 aliphatic heterocycles. The molecule has 1 saturated heterocycles. The third-order valence-electron chi connectivity index (χ3n) is 4.20. The van der Waals surface area contributed by atoms with E-state index in [1.807, 2.05) is 35.2 Å². The molecule has 0 unspecified atom stereocenters. The summed E-state index contributed by atoms with van der Waals surface area (Å²) in [6, 6.07) is 9.50. The molecule has 0 spiro atoms. The van der Waals surface area contributed by atoms with Crippen LogP contribution in [0.4, 0.5) is 5.13 Å². The quantitative estimate of drug-likeness (QED) is 0.939. The summed E-state index contributed by atoms with van der Waals surface area (Å²) < 4.78 is 0. The summed E-state index contributed by atoms with van der Waals surface area (Å²) in [6.07, 6.45) is 0.586. The SMILES string of the molecule is CC(C)c1nnc(N2CC[C@@](C(=O)O)(c3ccccc3)C2)s1. The van der Waals surface area contributed by atoms with Crippen molar-refractivity contribution in [3.8, 4) is 0 Å². The highest BCUT2D eigenvalue weighted by molar-refractivity contribution is 7.15. The fraction of sp³-hybridized carbons (Fsp3) is 0.438. The lowest BCUT2D eigenvalue weighted by molar-refractivity contribution is -0.143. The number of aliphatic carboxylic acids is 1. The van der Waals surface area contributed by atoms with Crippen LogP contribution in [-0.4, -0.2) is 34.4 Å². The highest BCUT2D eigenvalue weighted by Crippen LogP contribution is 2.38. The van der Waals surface area contributed by atoms with Crippen LogP contribution in [-0.2, 0) is 10.2 Å². The zero-order valence-electron chi connectivity index (χ0n) is 12.7. The molecule has 0 aliphatic carbocycles. The predicted octanol–water partition coefficient (Wildman–Crippen LogP) is 2.89. The van der Waals surface area contributed by atoms with Gasteiger partial charge < -0.3 is 10.0 Å². The average Bonchev–Trinajstić information content (AvgIpc) is 3.16. The van der Waals surface area contributed by atoms with Gasteiger partial charge in [-0.05, 0) is 12.0 Å².